The molecule has 3 aromatic rings. The standard InChI is InChI=1S/C17H14BrNO3/c1-21-10-14-13-4-2-3-5-15(13)22-16(14)17(20)19-12-8-6-11(18)7-9-12/h2-9H,10H2,1H3,(H,19,20). The Labute approximate surface area is 136 Å². The van der Waals surface area contributed by atoms with Gasteiger partial charge in [0, 0.05) is 28.2 Å². The highest BCUT2D eigenvalue weighted by Crippen LogP contribution is 2.27. The van der Waals surface area contributed by atoms with Crippen LogP contribution in [0.4, 0.5) is 5.69 Å². The molecule has 22 heavy (non-hydrogen) atoms. The molecule has 0 radical (unpaired) electrons. The lowest BCUT2D eigenvalue weighted by Gasteiger charge is -2.05. The molecule has 1 N–H and O–H groups in total. The Morgan fingerprint density at radius 3 is 2.64 bits per heavy atom. The van der Waals surface area contributed by atoms with Crippen LogP contribution >= 0.6 is 15.9 Å². The lowest BCUT2D eigenvalue weighted by molar-refractivity contribution is 0.0992. The Morgan fingerprint density at radius 1 is 1.18 bits per heavy atom. The third-order valence-electron chi connectivity index (χ3n) is 3.30. The van der Waals surface area contributed by atoms with E-state index in [1.807, 2.05) is 48.5 Å². The SMILES string of the molecule is COCc1c(C(=O)Nc2ccc(Br)cc2)oc2ccccc12. The Balaban J connectivity index is 1.96. The van der Waals surface area contributed by atoms with Gasteiger partial charge in [0.25, 0.3) is 5.91 Å². The van der Waals surface area contributed by atoms with Crippen molar-refractivity contribution in [1.82, 2.24) is 0 Å². The van der Waals surface area contributed by atoms with Crippen molar-refractivity contribution in [2.24, 2.45) is 0 Å². The summed E-state index contributed by atoms with van der Waals surface area (Å²) in [4.78, 5) is 12.5. The number of amides is 1. The molecule has 4 nitrogen and oxygen atoms in total. The number of carbonyl (C=O) groups is 1. The van der Waals surface area contributed by atoms with Gasteiger partial charge >= 0.3 is 0 Å². The van der Waals surface area contributed by atoms with E-state index in [-0.39, 0.29) is 11.7 Å². The number of nitrogens with one attached hydrogen (secondary N) is 1. The van der Waals surface area contributed by atoms with E-state index in [0.717, 1.165) is 15.4 Å². The zero-order valence-corrected chi connectivity index (χ0v) is 13.5. The molecule has 0 spiro atoms. The second kappa shape index (κ2) is 6.34. The minimum absolute atomic E-state index is 0.283. The number of hydrogen-bond donors (Lipinski definition) is 1. The molecule has 5 heteroatoms. The smallest absolute Gasteiger partial charge is 0.291 e. The minimum atomic E-state index is -0.287. The molecule has 0 aliphatic carbocycles. The van der Waals surface area contributed by atoms with Crippen molar-refractivity contribution in [2.45, 2.75) is 6.61 Å². The van der Waals surface area contributed by atoms with Gasteiger partial charge in [0.1, 0.15) is 5.58 Å². The van der Waals surface area contributed by atoms with Crippen LogP contribution in [-0.4, -0.2) is 13.0 Å². The molecule has 0 atom stereocenters. The molecule has 0 bridgehead atoms. The van der Waals surface area contributed by atoms with Crippen molar-refractivity contribution >= 4 is 38.5 Å². The first-order valence-corrected chi connectivity index (χ1v) is 7.54. The second-order valence-electron chi connectivity index (χ2n) is 4.80. The van der Waals surface area contributed by atoms with Crippen molar-refractivity contribution in [3.8, 4) is 0 Å². The Hall–Kier alpha value is -2.11. The average molecular weight is 360 g/mol. The maximum atomic E-state index is 12.5. The van der Waals surface area contributed by atoms with E-state index in [2.05, 4.69) is 21.2 Å². The summed E-state index contributed by atoms with van der Waals surface area (Å²) in [5, 5.41) is 3.73. The lowest BCUT2D eigenvalue weighted by atomic mass is 10.1. The first-order chi connectivity index (χ1) is 10.7. The number of para-hydroxylation sites is 1. The Bertz CT molecular complexity index is 808. The third kappa shape index (κ3) is 2.91. The molecule has 3 rings (SSSR count). The second-order valence-corrected chi connectivity index (χ2v) is 5.72. The number of ether oxygens (including phenoxy) is 1. The van der Waals surface area contributed by atoms with E-state index in [1.165, 1.54) is 0 Å². The molecule has 1 heterocycles. The molecular weight excluding hydrogens is 346 g/mol. The summed E-state index contributed by atoms with van der Waals surface area (Å²) in [6.07, 6.45) is 0. The van der Waals surface area contributed by atoms with Crippen LogP contribution in [0.2, 0.25) is 0 Å². The molecule has 0 aliphatic heterocycles. The number of benzene rings is 2. The summed E-state index contributed by atoms with van der Waals surface area (Å²) in [6.45, 7) is 0.320. The van der Waals surface area contributed by atoms with E-state index in [4.69, 9.17) is 9.15 Å². The number of rotatable bonds is 4. The Kier molecular flexibility index (Phi) is 4.27. The maximum absolute atomic E-state index is 12.5. The number of halogens is 1. The highest BCUT2D eigenvalue weighted by Gasteiger charge is 2.20. The van der Waals surface area contributed by atoms with Gasteiger partial charge in [0.2, 0.25) is 0 Å². The average Bonchev–Trinajstić information content (AvgIpc) is 2.89. The highest BCUT2D eigenvalue weighted by atomic mass is 79.9. The fraction of sp³-hybridized carbons (Fsp3) is 0.118. The Morgan fingerprint density at radius 2 is 1.91 bits per heavy atom. The van der Waals surface area contributed by atoms with E-state index in [1.54, 1.807) is 7.11 Å². The van der Waals surface area contributed by atoms with Gasteiger partial charge in [-0.15, -0.1) is 0 Å². The molecule has 1 amide bonds. The summed E-state index contributed by atoms with van der Waals surface area (Å²) in [6, 6.07) is 14.9. The highest BCUT2D eigenvalue weighted by molar-refractivity contribution is 9.10. The molecule has 0 saturated carbocycles. The number of methoxy groups -OCH3 is 1. The zero-order chi connectivity index (χ0) is 15.5. The molecule has 0 unspecified atom stereocenters. The topological polar surface area (TPSA) is 51.5 Å². The number of carbonyl (C=O) groups excluding carboxylic acids is 1. The zero-order valence-electron chi connectivity index (χ0n) is 11.9. The van der Waals surface area contributed by atoms with Gasteiger partial charge in [-0.1, -0.05) is 34.1 Å². The van der Waals surface area contributed by atoms with E-state index >= 15 is 0 Å². The predicted octanol–water partition coefficient (Wildman–Crippen LogP) is 4.59. The monoisotopic (exact) mass is 359 g/mol. The van der Waals surface area contributed by atoms with Crippen LogP contribution in [0.25, 0.3) is 11.0 Å². The molecule has 1 aromatic heterocycles. The van der Waals surface area contributed by atoms with Crippen LogP contribution in [0.1, 0.15) is 16.1 Å². The number of hydrogen-bond acceptors (Lipinski definition) is 3. The predicted molar refractivity (Wildman–Crippen MR) is 89.0 cm³/mol. The summed E-state index contributed by atoms with van der Waals surface area (Å²) in [7, 11) is 1.60. The largest absolute Gasteiger partial charge is 0.451 e. The lowest BCUT2D eigenvalue weighted by Crippen LogP contribution is -2.13. The van der Waals surface area contributed by atoms with Gasteiger partial charge < -0.3 is 14.5 Å². The van der Waals surface area contributed by atoms with Gasteiger partial charge in [-0.3, -0.25) is 4.79 Å². The van der Waals surface area contributed by atoms with Gasteiger partial charge in [-0.05, 0) is 30.3 Å². The number of furan rings is 1. The van der Waals surface area contributed by atoms with Crippen LogP contribution in [0.5, 0.6) is 0 Å². The summed E-state index contributed by atoms with van der Waals surface area (Å²) < 4.78 is 11.9. The van der Waals surface area contributed by atoms with Crippen molar-refractivity contribution in [2.75, 3.05) is 12.4 Å². The van der Waals surface area contributed by atoms with Crippen LogP contribution in [0.3, 0.4) is 0 Å². The summed E-state index contributed by atoms with van der Waals surface area (Å²) in [5.74, 6) is -0.00320. The normalized spacial score (nSPS) is 10.8. The summed E-state index contributed by atoms with van der Waals surface area (Å²) in [5.41, 5.74) is 2.14. The van der Waals surface area contributed by atoms with E-state index < -0.39 is 0 Å². The quantitative estimate of drug-likeness (QED) is 0.740. The molecule has 112 valence electrons. The van der Waals surface area contributed by atoms with E-state index in [0.29, 0.717) is 17.9 Å². The van der Waals surface area contributed by atoms with Crippen molar-refractivity contribution < 1.29 is 13.9 Å². The summed E-state index contributed by atoms with van der Waals surface area (Å²) >= 11 is 3.36. The molecule has 2 aromatic carbocycles. The van der Waals surface area contributed by atoms with Crippen molar-refractivity contribution in [3.63, 3.8) is 0 Å². The molecular formula is C17H14BrNO3. The van der Waals surface area contributed by atoms with Gasteiger partial charge in [-0.2, -0.15) is 0 Å². The van der Waals surface area contributed by atoms with Gasteiger partial charge in [0.05, 0.1) is 6.61 Å². The van der Waals surface area contributed by atoms with Crippen LogP contribution < -0.4 is 5.32 Å². The van der Waals surface area contributed by atoms with Crippen LogP contribution in [0.15, 0.2) is 57.4 Å². The van der Waals surface area contributed by atoms with Gasteiger partial charge in [0.15, 0.2) is 5.76 Å². The first kappa shape index (κ1) is 14.8. The number of anilines is 1. The van der Waals surface area contributed by atoms with Crippen molar-refractivity contribution in [3.05, 3.63) is 64.3 Å². The van der Waals surface area contributed by atoms with Gasteiger partial charge in [-0.25, -0.2) is 0 Å². The minimum Gasteiger partial charge on any atom is -0.451 e. The maximum Gasteiger partial charge on any atom is 0.291 e. The van der Waals surface area contributed by atoms with Crippen LogP contribution in [-0.2, 0) is 11.3 Å². The van der Waals surface area contributed by atoms with Crippen molar-refractivity contribution in [1.29, 1.82) is 0 Å². The fourth-order valence-corrected chi connectivity index (χ4v) is 2.56. The molecule has 0 fully saturated rings. The molecule has 0 aliphatic rings. The fourth-order valence-electron chi connectivity index (χ4n) is 2.29. The van der Waals surface area contributed by atoms with E-state index in [9.17, 15) is 4.79 Å². The van der Waals surface area contributed by atoms with Crippen LogP contribution in [0, 0.1) is 0 Å². The number of fused-ring (bicyclic) bond motifs is 1. The first-order valence-electron chi connectivity index (χ1n) is 6.75. The third-order valence-corrected chi connectivity index (χ3v) is 3.82. The molecule has 0 saturated heterocycles.